The molecule has 1 aliphatic rings. The third kappa shape index (κ3) is 3.01. The van der Waals surface area contributed by atoms with Crippen molar-refractivity contribution in [1.29, 1.82) is 0 Å². The Balaban J connectivity index is 1.95. The van der Waals surface area contributed by atoms with Gasteiger partial charge in [0.1, 0.15) is 16.7 Å². The number of aromatic nitrogens is 2. The second-order valence-corrected chi connectivity index (χ2v) is 6.98. The summed E-state index contributed by atoms with van der Waals surface area (Å²) in [5, 5.41) is 0.545. The van der Waals surface area contributed by atoms with Crippen LogP contribution >= 0.6 is 34.2 Å². The highest BCUT2D eigenvalue weighted by atomic mass is 127. The fraction of sp³-hybridized carbons (Fsp3) is 0.375. The molecule has 1 unspecified atom stereocenters. The summed E-state index contributed by atoms with van der Waals surface area (Å²) in [6.45, 7) is 4.85. The van der Waals surface area contributed by atoms with Crippen LogP contribution in [0.25, 0.3) is 0 Å². The molecule has 1 aromatic heterocycles. The Hall–Kier alpha value is -0.880. The first-order valence-corrected chi connectivity index (χ1v) is 8.45. The number of hydrogen-bond acceptors (Lipinski definition) is 3. The minimum atomic E-state index is 0.159. The van der Waals surface area contributed by atoms with E-state index in [9.17, 15) is 0 Å². The van der Waals surface area contributed by atoms with E-state index >= 15 is 0 Å². The van der Waals surface area contributed by atoms with Crippen LogP contribution < -0.4 is 4.74 Å². The van der Waals surface area contributed by atoms with Crippen LogP contribution in [0.1, 0.15) is 42.8 Å². The summed E-state index contributed by atoms with van der Waals surface area (Å²) < 4.78 is 6.79. The molecule has 0 bridgehead atoms. The number of benzene rings is 1. The van der Waals surface area contributed by atoms with Gasteiger partial charge in [0, 0.05) is 0 Å². The van der Waals surface area contributed by atoms with E-state index in [2.05, 4.69) is 47.5 Å². The van der Waals surface area contributed by atoms with Crippen LogP contribution in [-0.4, -0.2) is 16.6 Å². The summed E-state index contributed by atoms with van der Waals surface area (Å²) in [5.41, 5.74) is 2.22. The van der Waals surface area contributed by atoms with E-state index in [4.69, 9.17) is 21.3 Å². The average Bonchev–Trinajstić information content (AvgIpc) is 2.49. The molecule has 3 nitrogen and oxygen atoms in total. The Labute approximate surface area is 143 Å². The predicted molar refractivity (Wildman–Crippen MR) is 92.2 cm³/mol. The fourth-order valence-corrected chi connectivity index (χ4v) is 3.56. The minimum Gasteiger partial charge on any atom is -0.493 e. The molecule has 0 amide bonds. The number of para-hydroxylation sites is 1. The van der Waals surface area contributed by atoms with Gasteiger partial charge in [0.2, 0.25) is 0 Å². The van der Waals surface area contributed by atoms with Crippen molar-refractivity contribution in [2.24, 2.45) is 0 Å². The van der Waals surface area contributed by atoms with Gasteiger partial charge >= 0.3 is 0 Å². The molecule has 0 saturated heterocycles. The lowest BCUT2D eigenvalue weighted by atomic mass is 9.96. The summed E-state index contributed by atoms with van der Waals surface area (Å²) in [6.07, 6.45) is 0.893. The van der Waals surface area contributed by atoms with Gasteiger partial charge < -0.3 is 4.74 Å². The molecule has 0 aliphatic carbocycles. The lowest BCUT2D eigenvalue weighted by molar-refractivity contribution is 0.257. The van der Waals surface area contributed by atoms with E-state index < -0.39 is 0 Å². The van der Waals surface area contributed by atoms with Crippen molar-refractivity contribution < 1.29 is 4.74 Å². The zero-order valence-electron chi connectivity index (χ0n) is 11.9. The predicted octanol–water partition coefficient (Wildman–Crippen LogP) is 4.58. The first kappa shape index (κ1) is 15.0. The quantitative estimate of drug-likeness (QED) is 0.533. The molecule has 0 radical (unpaired) electrons. The summed E-state index contributed by atoms with van der Waals surface area (Å²) in [5.74, 6) is 2.24. The number of fused-ring (bicyclic) bond motifs is 1. The van der Waals surface area contributed by atoms with E-state index in [0.717, 1.165) is 27.3 Å². The molecule has 110 valence electrons. The maximum atomic E-state index is 6.28. The largest absolute Gasteiger partial charge is 0.493 e. The second-order valence-electron chi connectivity index (χ2n) is 5.55. The van der Waals surface area contributed by atoms with Crippen molar-refractivity contribution in [2.75, 3.05) is 6.61 Å². The highest BCUT2D eigenvalue weighted by Crippen LogP contribution is 2.33. The highest BCUT2D eigenvalue weighted by molar-refractivity contribution is 14.1. The smallest absolute Gasteiger partial charge is 0.146 e. The Morgan fingerprint density at radius 2 is 2.05 bits per heavy atom. The van der Waals surface area contributed by atoms with E-state index in [-0.39, 0.29) is 5.92 Å². The van der Waals surface area contributed by atoms with E-state index in [1.54, 1.807) is 0 Å². The third-order valence-corrected chi connectivity index (χ3v) is 5.30. The zero-order valence-corrected chi connectivity index (χ0v) is 14.9. The number of ether oxygens (including phenoxy) is 1. The molecule has 2 heterocycles. The standard InChI is InChI=1S/C16H16ClIN2O/c1-9(2)14-13(18)15(17)20-16(19-14)11-7-10-5-3-4-6-12(10)21-8-11/h3-6,9,11H,7-8H2,1-2H3. The Bertz CT molecular complexity index is 675. The van der Waals surface area contributed by atoms with Gasteiger partial charge in [0.05, 0.1) is 21.8 Å². The monoisotopic (exact) mass is 414 g/mol. The molecule has 21 heavy (non-hydrogen) atoms. The lowest BCUT2D eigenvalue weighted by Crippen LogP contribution is -2.22. The van der Waals surface area contributed by atoms with Crippen molar-refractivity contribution in [1.82, 2.24) is 9.97 Å². The van der Waals surface area contributed by atoms with Gasteiger partial charge in [-0.1, -0.05) is 43.6 Å². The van der Waals surface area contributed by atoms with Gasteiger partial charge in [0.25, 0.3) is 0 Å². The summed E-state index contributed by atoms with van der Waals surface area (Å²) in [4.78, 5) is 9.23. The molecule has 5 heteroatoms. The Morgan fingerprint density at radius 1 is 1.29 bits per heavy atom. The van der Waals surface area contributed by atoms with Crippen LogP contribution in [0.2, 0.25) is 5.15 Å². The zero-order chi connectivity index (χ0) is 15.0. The number of nitrogens with zero attached hydrogens (tertiary/aromatic N) is 2. The first-order valence-electron chi connectivity index (χ1n) is 6.99. The van der Waals surface area contributed by atoms with Gasteiger partial charge in [-0.25, -0.2) is 9.97 Å². The average molecular weight is 415 g/mol. The van der Waals surface area contributed by atoms with Crippen molar-refractivity contribution in [2.45, 2.75) is 32.1 Å². The third-order valence-electron chi connectivity index (χ3n) is 3.64. The normalized spacial score (nSPS) is 17.5. The second kappa shape index (κ2) is 6.08. The Morgan fingerprint density at radius 3 is 2.81 bits per heavy atom. The molecule has 1 aliphatic heterocycles. The summed E-state index contributed by atoms with van der Waals surface area (Å²) >= 11 is 8.50. The summed E-state index contributed by atoms with van der Waals surface area (Å²) in [6, 6.07) is 8.13. The van der Waals surface area contributed by atoms with Crippen LogP contribution in [0.4, 0.5) is 0 Å². The molecular weight excluding hydrogens is 399 g/mol. The molecule has 3 rings (SSSR count). The molecule has 2 aromatic rings. The van der Waals surface area contributed by atoms with Gasteiger partial charge in [-0.2, -0.15) is 0 Å². The van der Waals surface area contributed by atoms with Crippen LogP contribution in [0, 0.1) is 3.57 Å². The maximum Gasteiger partial charge on any atom is 0.146 e. The van der Waals surface area contributed by atoms with Crippen LogP contribution in [0.3, 0.4) is 0 Å². The van der Waals surface area contributed by atoms with E-state index in [1.807, 2.05) is 18.2 Å². The van der Waals surface area contributed by atoms with Crippen LogP contribution in [0.15, 0.2) is 24.3 Å². The van der Waals surface area contributed by atoms with Crippen molar-refractivity contribution in [3.8, 4) is 5.75 Å². The molecule has 0 spiro atoms. The number of halogens is 2. The number of rotatable bonds is 2. The molecule has 1 aromatic carbocycles. The first-order chi connectivity index (χ1) is 10.1. The van der Waals surface area contributed by atoms with E-state index in [0.29, 0.717) is 17.7 Å². The SMILES string of the molecule is CC(C)c1nc(C2COc3ccccc3C2)nc(Cl)c1I. The molecule has 0 fully saturated rings. The van der Waals surface area contributed by atoms with Gasteiger partial charge in [0.15, 0.2) is 0 Å². The van der Waals surface area contributed by atoms with Crippen LogP contribution in [-0.2, 0) is 6.42 Å². The van der Waals surface area contributed by atoms with Crippen molar-refractivity contribution >= 4 is 34.2 Å². The van der Waals surface area contributed by atoms with Gasteiger partial charge in [-0.05, 0) is 46.6 Å². The van der Waals surface area contributed by atoms with Crippen molar-refractivity contribution in [3.63, 3.8) is 0 Å². The molecule has 1 atom stereocenters. The van der Waals surface area contributed by atoms with Crippen LogP contribution in [0.5, 0.6) is 5.75 Å². The fourth-order valence-electron chi connectivity index (χ4n) is 2.51. The molecule has 0 saturated carbocycles. The van der Waals surface area contributed by atoms with Gasteiger partial charge in [-0.15, -0.1) is 0 Å². The van der Waals surface area contributed by atoms with E-state index in [1.165, 1.54) is 5.56 Å². The summed E-state index contributed by atoms with van der Waals surface area (Å²) in [7, 11) is 0. The van der Waals surface area contributed by atoms with Crippen molar-refractivity contribution in [3.05, 3.63) is 50.1 Å². The number of hydrogen-bond donors (Lipinski definition) is 0. The highest BCUT2D eigenvalue weighted by Gasteiger charge is 2.25. The molecular formula is C16H16ClIN2O. The topological polar surface area (TPSA) is 35.0 Å². The lowest BCUT2D eigenvalue weighted by Gasteiger charge is -2.25. The minimum absolute atomic E-state index is 0.159. The van der Waals surface area contributed by atoms with Gasteiger partial charge in [-0.3, -0.25) is 0 Å². The Kier molecular flexibility index (Phi) is 4.36. The molecule has 0 N–H and O–H groups in total. The maximum absolute atomic E-state index is 6.28.